The first-order valence-electron chi connectivity index (χ1n) is 6.92. The SMILES string of the molecule is CCN(Cc1cc(Cl)c(O)c(OC)c1)c1ccccc1C. The summed E-state index contributed by atoms with van der Waals surface area (Å²) in [4.78, 5) is 2.26. The van der Waals surface area contributed by atoms with Crippen LogP contribution in [0.3, 0.4) is 0 Å². The highest BCUT2D eigenvalue weighted by atomic mass is 35.5. The Labute approximate surface area is 130 Å². The number of phenols is 1. The molecule has 4 heteroatoms. The smallest absolute Gasteiger partial charge is 0.176 e. The number of hydrogen-bond acceptors (Lipinski definition) is 3. The maximum Gasteiger partial charge on any atom is 0.176 e. The fourth-order valence-corrected chi connectivity index (χ4v) is 2.61. The Bertz CT molecular complexity index is 628. The minimum Gasteiger partial charge on any atom is -0.503 e. The summed E-state index contributed by atoms with van der Waals surface area (Å²) >= 11 is 6.05. The zero-order valence-corrected chi connectivity index (χ0v) is 13.3. The molecule has 0 aromatic heterocycles. The molecule has 0 unspecified atom stereocenters. The minimum absolute atomic E-state index is 0.0122. The molecule has 0 aliphatic carbocycles. The third-order valence-electron chi connectivity index (χ3n) is 3.52. The predicted molar refractivity (Wildman–Crippen MR) is 87.6 cm³/mol. The number of halogens is 1. The summed E-state index contributed by atoms with van der Waals surface area (Å²) in [5.74, 6) is 0.389. The Morgan fingerprint density at radius 1 is 1.24 bits per heavy atom. The standard InChI is InChI=1S/C17H20ClNO2/c1-4-19(15-8-6-5-7-12(15)2)11-13-9-14(18)17(20)16(10-13)21-3/h5-10,20H,4,11H2,1-3H3. The van der Waals surface area contributed by atoms with Gasteiger partial charge in [0.1, 0.15) is 0 Å². The average molecular weight is 306 g/mol. The maximum absolute atomic E-state index is 9.80. The number of nitrogens with zero attached hydrogens (tertiary/aromatic N) is 1. The second-order valence-corrected chi connectivity index (χ2v) is 5.34. The van der Waals surface area contributed by atoms with Crippen LogP contribution >= 0.6 is 11.6 Å². The molecule has 0 saturated carbocycles. The van der Waals surface area contributed by atoms with Gasteiger partial charge in [-0.1, -0.05) is 29.8 Å². The molecule has 112 valence electrons. The molecular weight excluding hydrogens is 286 g/mol. The fourth-order valence-electron chi connectivity index (χ4n) is 2.38. The number of phenolic OH excluding ortho intramolecular Hbond substituents is 1. The van der Waals surface area contributed by atoms with Gasteiger partial charge in [-0.2, -0.15) is 0 Å². The van der Waals surface area contributed by atoms with E-state index >= 15 is 0 Å². The molecule has 21 heavy (non-hydrogen) atoms. The van der Waals surface area contributed by atoms with Crippen molar-refractivity contribution in [2.24, 2.45) is 0 Å². The minimum atomic E-state index is -0.0122. The molecule has 2 rings (SSSR count). The van der Waals surface area contributed by atoms with E-state index in [4.69, 9.17) is 16.3 Å². The van der Waals surface area contributed by atoms with Crippen LogP contribution < -0.4 is 9.64 Å². The number of para-hydroxylation sites is 1. The Hall–Kier alpha value is -1.87. The zero-order chi connectivity index (χ0) is 15.4. The molecule has 0 bridgehead atoms. The van der Waals surface area contributed by atoms with E-state index in [1.807, 2.05) is 18.2 Å². The van der Waals surface area contributed by atoms with Crippen LogP contribution in [0.5, 0.6) is 11.5 Å². The molecule has 1 N–H and O–H groups in total. The van der Waals surface area contributed by atoms with Crippen molar-refractivity contribution in [3.05, 3.63) is 52.5 Å². The van der Waals surface area contributed by atoms with Crippen LogP contribution in [-0.4, -0.2) is 18.8 Å². The Morgan fingerprint density at radius 2 is 1.95 bits per heavy atom. The lowest BCUT2D eigenvalue weighted by Gasteiger charge is -2.25. The van der Waals surface area contributed by atoms with Crippen molar-refractivity contribution >= 4 is 17.3 Å². The van der Waals surface area contributed by atoms with Gasteiger partial charge in [0.25, 0.3) is 0 Å². The number of aromatic hydroxyl groups is 1. The third-order valence-corrected chi connectivity index (χ3v) is 3.81. The monoisotopic (exact) mass is 305 g/mol. The summed E-state index contributed by atoms with van der Waals surface area (Å²) in [5, 5.41) is 10.1. The van der Waals surface area contributed by atoms with E-state index in [1.54, 1.807) is 6.07 Å². The molecule has 0 aliphatic heterocycles. The maximum atomic E-state index is 9.80. The largest absolute Gasteiger partial charge is 0.503 e. The van der Waals surface area contributed by atoms with Crippen molar-refractivity contribution in [1.29, 1.82) is 0 Å². The van der Waals surface area contributed by atoms with Gasteiger partial charge in [-0.25, -0.2) is 0 Å². The second kappa shape index (κ2) is 6.72. The Kier molecular flexibility index (Phi) is 4.97. The van der Waals surface area contributed by atoms with E-state index in [2.05, 4.69) is 30.9 Å². The van der Waals surface area contributed by atoms with Crippen LogP contribution in [0.2, 0.25) is 5.02 Å². The molecule has 2 aromatic carbocycles. The van der Waals surface area contributed by atoms with E-state index in [1.165, 1.54) is 18.4 Å². The topological polar surface area (TPSA) is 32.7 Å². The van der Waals surface area contributed by atoms with Gasteiger partial charge in [0, 0.05) is 18.8 Å². The van der Waals surface area contributed by atoms with Crippen molar-refractivity contribution in [2.75, 3.05) is 18.6 Å². The Morgan fingerprint density at radius 3 is 2.57 bits per heavy atom. The quantitative estimate of drug-likeness (QED) is 0.889. The lowest BCUT2D eigenvalue weighted by atomic mass is 10.1. The third kappa shape index (κ3) is 3.42. The number of ether oxygens (including phenoxy) is 1. The molecule has 0 fully saturated rings. The number of benzene rings is 2. The summed E-state index contributed by atoms with van der Waals surface area (Å²) in [5.41, 5.74) is 3.43. The van der Waals surface area contributed by atoms with Crippen molar-refractivity contribution in [3.8, 4) is 11.5 Å². The highest BCUT2D eigenvalue weighted by molar-refractivity contribution is 6.32. The molecule has 0 heterocycles. The Balaban J connectivity index is 2.31. The van der Waals surface area contributed by atoms with Crippen molar-refractivity contribution in [2.45, 2.75) is 20.4 Å². The normalized spacial score (nSPS) is 10.5. The van der Waals surface area contributed by atoms with E-state index in [0.29, 0.717) is 17.3 Å². The number of methoxy groups -OCH3 is 1. The molecule has 2 aromatic rings. The molecule has 0 aliphatic rings. The first kappa shape index (κ1) is 15.5. The molecule has 3 nitrogen and oxygen atoms in total. The summed E-state index contributed by atoms with van der Waals surface area (Å²) in [6.07, 6.45) is 0. The lowest BCUT2D eigenvalue weighted by molar-refractivity contribution is 0.373. The van der Waals surface area contributed by atoms with Crippen LogP contribution in [-0.2, 0) is 6.54 Å². The zero-order valence-electron chi connectivity index (χ0n) is 12.6. The van der Waals surface area contributed by atoms with Crippen LogP contribution in [0.4, 0.5) is 5.69 Å². The summed E-state index contributed by atoms with van der Waals surface area (Å²) < 4.78 is 5.16. The van der Waals surface area contributed by atoms with Gasteiger partial charge in [-0.3, -0.25) is 0 Å². The number of anilines is 1. The second-order valence-electron chi connectivity index (χ2n) is 4.93. The van der Waals surface area contributed by atoms with Crippen molar-refractivity contribution in [3.63, 3.8) is 0 Å². The van der Waals surface area contributed by atoms with Crippen LogP contribution in [0.1, 0.15) is 18.1 Å². The van der Waals surface area contributed by atoms with E-state index < -0.39 is 0 Å². The summed E-state index contributed by atoms with van der Waals surface area (Å²) in [6.45, 7) is 5.80. The number of rotatable bonds is 5. The molecular formula is C17H20ClNO2. The molecule has 0 spiro atoms. The van der Waals surface area contributed by atoms with E-state index in [9.17, 15) is 5.11 Å². The number of aryl methyl sites for hydroxylation is 1. The molecule has 0 radical (unpaired) electrons. The van der Waals surface area contributed by atoms with Gasteiger partial charge in [0.15, 0.2) is 11.5 Å². The first-order valence-corrected chi connectivity index (χ1v) is 7.30. The van der Waals surface area contributed by atoms with Crippen molar-refractivity contribution in [1.82, 2.24) is 0 Å². The predicted octanol–water partition coefficient (Wildman–Crippen LogP) is 4.39. The van der Waals surface area contributed by atoms with Crippen LogP contribution in [0.15, 0.2) is 36.4 Å². The van der Waals surface area contributed by atoms with Gasteiger partial charge < -0.3 is 14.7 Å². The highest BCUT2D eigenvalue weighted by Crippen LogP contribution is 2.35. The lowest BCUT2D eigenvalue weighted by Crippen LogP contribution is -2.22. The summed E-state index contributed by atoms with van der Waals surface area (Å²) in [6, 6.07) is 11.9. The van der Waals surface area contributed by atoms with E-state index in [-0.39, 0.29) is 5.75 Å². The van der Waals surface area contributed by atoms with Crippen LogP contribution in [0, 0.1) is 6.92 Å². The van der Waals surface area contributed by atoms with Crippen LogP contribution in [0.25, 0.3) is 0 Å². The first-order chi connectivity index (χ1) is 10.1. The molecule has 0 atom stereocenters. The van der Waals surface area contributed by atoms with Crippen molar-refractivity contribution < 1.29 is 9.84 Å². The van der Waals surface area contributed by atoms with Gasteiger partial charge in [-0.05, 0) is 43.2 Å². The highest BCUT2D eigenvalue weighted by Gasteiger charge is 2.12. The number of hydrogen-bond donors (Lipinski definition) is 1. The molecule has 0 amide bonds. The van der Waals surface area contributed by atoms with Gasteiger partial charge in [-0.15, -0.1) is 0 Å². The van der Waals surface area contributed by atoms with E-state index in [0.717, 1.165) is 12.1 Å². The summed E-state index contributed by atoms with van der Waals surface area (Å²) in [7, 11) is 1.52. The van der Waals surface area contributed by atoms with Gasteiger partial charge in [0.05, 0.1) is 12.1 Å². The van der Waals surface area contributed by atoms with Gasteiger partial charge >= 0.3 is 0 Å². The van der Waals surface area contributed by atoms with Gasteiger partial charge in [0.2, 0.25) is 0 Å². The average Bonchev–Trinajstić information content (AvgIpc) is 2.49. The fraction of sp³-hybridized carbons (Fsp3) is 0.294. The molecule has 0 saturated heterocycles.